The summed E-state index contributed by atoms with van der Waals surface area (Å²) in [7, 11) is 0. The minimum Gasteiger partial charge on any atom is -0.481 e. The zero-order chi connectivity index (χ0) is 29.6. The molecule has 0 aliphatic carbocycles. The van der Waals surface area contributed by atoms with Crippen LogP contribution in [0.15, 0.2) is 36.4 Å². The van der Waals surface area contributed by atoms with Gasteiger partial charge >= 0.3 is 11.9 Å². The predicted octanol–water partition coefficient (Wildman–Crippen LogP) is 5.13. The average Bonchev–Trinajstić information content (AvgIpc) is 3.00. The number of esters is 1. The molecule has 1 aromatic carbocycles. The van der Waals surface area contributed by atoms with E-state index in [1.807, 2.05) is 13.8 Å². The Labute approximate surface area is 250 Å². The molecule has 2 aliphatic heterocycles. The summed E-state index contributed by atoms with van der Waals surface area (Å²) < 4.78 is 5.30. The van der Waals surface area contributed by atoms with Crippen molar-refractivity contribution in [1.29, 1.82) is 0 Å². The third-order valence-electron chi connectivity index (χ3n) is 7.99. The van der Waals surface area contributed by atoms with E-state index in [2.05, 4.69) is 32.7 Å². The number of carbonyl (C=O) groups is 2. The van der Waals surface area contributed by atoms with Gasteiger partial charge < -0.3 is 25.4 Å². The Kier molecular flexibility index (Phi) is 9.41. The van der Waals surface area contributed by atoms with E-state index in [1.165, 1.54) is 5.56 Å². The van der Waals surface area contributed by atoms with Crippen molar-refractivity contribution in [2.75, 3.05) is 41.7 Å². The first kappa shape index (κ1) is 29.6. The number of halogens is 1. The highest BCUT2D eigenvalue weighted by Gasteiger charge is 2.27. The second-order valence-corrected chi connectivity index (χ2v) is 11.4. The molecule has 0 radical (unpaired) electrons. The van der Waals surface area contributed by atoms with E-state index in [0.717, 1.165) is 68.2 Å². The number of aryl methyl sites for hydroxylation is 2. The van der Waals surface area contributed by atoms with Crippen LogP contribution in [0.2, 0.25) is 5.02 Å². The van der Waals surface area contributed by atoms with Crippen LogP contribution in [0.3, 0.4) is 0 Å². The molecule has 1 fully saturated rings. The average molecular weight is 593 g/mol. The highest BCUT2D eigenvalue weighted by atomic mass is 35.5. The van der Waals surface area contributed by atoms with Gasteiger partial charge in [-0.15, -0.1) is 0 Å². The van der Waals surface area contributed by atoms with Gasteiger partial charge in [-0.3, -0.25) is 9.59 Å². The third-order valence-corrected chi connectivity index (χ3v) is 8.35. The van der Waals surface area contributed by atoms with Gasteiger partial charge in [-0.1, -0.05) is 35.9 Å². The van der Waals surface area contributed by atoms with Gasteiger partial charge in [0.25, 0.3) is 0 Å². The van der Waals surface area contributed by atoms with Crippen LogP contribution >= 0.6 is 11.6 Å². The molecule has 4 heterocycles. The lowest BCUT2D eigenvalue weighted by Gasteiger charge is -2.34. The molecule has 0 unspecified atom stereocenters. The van der Waals surface area contributed by atoms with E-state index in [1.54, 1.807) is 24.3 Å². The minimum atomic E-state index is -1.09. The zero-order valence-electron chi connectivity index (χ0n) is 24.0. The lowest BCUT2D eigenvalue weighted by Crippen LogP contribution is -2.35. The van der Waals surface area contributed by atoms with E-state index in [4.69, 9.17) is 26.3 Å². The quantitative estimate of drug-likeness (QED) is 0.272. The van der Waals surface area contributed by atoms with Crippen LogP contribution in [-0.4, -0.2) is 58.2 Å². The summed E-state index contributed by atoms with van der Waals surface area (Å²) in [6.45, 7) is 6.42. The highest BCUT2D eigenvalue weighted by Crippen LogP contribution is 2.33. The maximum atomic E-state index is 12.4. The summed E-state index contributed by atoms with van der Waals surface area (Å²) in [5.41, 5.74) is 3.96. The van der Waals surface area contributed by atoms with Crippen LogP contribution in [0.4, 0.5) is 17.5 Å². The van der Waals surface area contributed by atoms with Crippen molar-refractivity contribution in [3.63, 3.8) is 0 Å². The maximum Gasteiger partial charge on any atom is 0.308 e. The molecule has 5 rings (SSSR count). The molecule has 10 nitrogen and oxygen atoms in total. The number of carbonyl (C=O) groups excluding carboxylic acids is 1. The number of piperidine rings is 1. The fourth-order valence-corrected chi connectivity index (χ4v) is 5.74. The number of benzene rings is 1. The number of carboxylic acids is 1. The van der Waals surface area contributed by atoms with Gasteiger partial charge in [-0.05, 0) is 57.2 Å². The summed E-state index contributed by atoms with van der Waals surface area (Å²) in [4.78, 5) is 40.9. The molecule has 2 aromatic heterocycles. The van der Waals surface area contributed by atoms with Gasteiger partial charge in [0.2, 0.25) is 0 Å². The summed E-state index contributed by atoms with van der Waals surface area (Å²) >= 11 is 6.12. The van der Waals surface area contributed by atoms with Gasteiger partial charge in [0.1, 0.15) is 29.9 Å². The standard InChI is InChI=1S/C31H37ClN6O4/c1-19-28(34-17-24(31(40)41)16-27(39)42-18-23-6-3-4-8-25(23)32)35-20(2)36-30(19)38-14-11-21(12-15-38)26-10-9-22-7-5-13-33-29(22)37-26/h3-4,6,8-10,21,24H,5,7,11-18H2,1-2H3,(H,33,37)(H,40,41)(H,34,35,36)/t24-/m0/s1. The summed E-state index contributed by atoms with van der Waals surface area (Å²) in [6.07, 6.45) is 3.89. The van der Waals surface area contributed by atoms with E-state index in [-0.39, 0.29) is 19.6 Å². The molecule has 11 heteroatoms. The number of carboxylic acid groups (broad SMARTS) is 1. The number of fused-ring (bicyclic) bond motifs is 1. The zero-order valence-corrected chi connectivity index (χ0v) is 24.8. The molecule has 0 saturated carbocycles. The minimum absolute atomic E-state index is 0.0119. The lowest BCUT2D eigenvalue weighted by molar-refractivity contribution is -0.152. The predicted molar refractivity (Wildman–Crippen MR) is 162 cm³/mol. The normalized spacial score (nSPS) is 15.8. The summed E-state index contributed by atoms with van der Waals surface area (Å²) in [6, 6.07) is 11.4. The van der Waals surface area contributed by atoms with E-state index in [0.29, 0.717) is 28.1 Å². The monoisotopic (exact) mass is 592 g/mol. The Morgan fingerprint density at radius 1 is 1.14 bits per heavy atom. The molecular formula is C31H37ClN6O4. The van der Waals surface area contributed by atoms with Crippen molar-refractivity contribution in [3.05, 3.63) is 69.6 Å². The van der Waals surface area contributed by atoms with E-state index < -0.39 is 17.9 Å². The molecule has 0 amide bonds. The van der Waals surface area contributed by atoms with Gasteiger partial charge in [0.05, 0.1) is 12.3 Å². The summed E-state index contributed by atoms with van der Waals surface area (Å²) in [5.74, 6) is 0.747. The first-order valence-corrected chi connectivity index (χ1v) is 14.9. The van der Waals surface area contributed by atoms with Crippen molar-refractivity contribution in [2.24, 2.45) is 5.92 Å². The molecule has 42 heavy (non-hydrogen) atoms. The number of anilines is 3. The number of hydrogen-bond donors (Lipinski definition) is 3. The smallest absolute Gasteiger partial charge is 0.308 e. The second kappa shape index (κ2) is 13.4. The van der Waals surface area contributed by atoms with Crippen LogP contribution in [0.1, 0.15) is 59.8 Å². The molecule has 1 atom stereocenters. The van der Waals surface area contributed by atoms with Crippen LogP contribution in [0.25, 0.3) is 0 Å². The first-order valence-electron chi connectivity index (χ1n) is 14.5. The second-order valence-electron chi connectivity index (χ2n) is 11.0. The van der Waals surface area contributed by atoms with Gasteiger partial charge in [0, 0.05) is 53.9 Å². The molecule has 0 spiro atoms. The molecule has 1 saturated heterocycles. The van der Waals surface area contributed by atoms with Crippen molar-refractivity contribution in [3.8, 4) is 0 Å². The number of rotatable bonds is 10. The number of pyridine rings is 1. The molecule has 3 N–H and O–H groups in total. The topological polar surface area (TPSA) is 130 Å². The van der Waals surface area contributed by atoms with Crippen molar-refractivity contribution in [2.45, 2.75) is 58.5 Å². The third kappa shape index (κ3) is 7.10. The van der Waals surface area contributed by atoms with Crippen LogP contribution < -0.4 is 15.5 Å². The SMILES string of the molecule is Cc1nc(NC[C@H](CC(=O)OCc2ccccc2Cl)C(=O)O)c(C)c(N2CCC(c3ccc4c(n3)NCCC4)CC2)n1. The fraction of sp³-hybridized carbons (Fsp3) is 0.452. The Balaban J connectivity index is 1.19. The van der Waals surface area contributed by atoms with Crippen LogP contribution in [0.5, 0.6) is 0 Å². The largest absolute Gasteiger partial charge is 0.481 e. The molecule has 3 aromatic rings. The number of ether oxygens (including phenoxy) is 1. The Morgan fingerprint density at radius 2 is 1.93 bits per heavy atom. The van der Waals surface area contributed by atoms with Gasteiger partial charge in [0.15, 0.2) is 0 Å². The van der Waals surface area contributed by atoms with Crippen LogP contribution in [0, 0.1) is 19.8 Å². The van der Waals surface area contributed by atoms with Crippen molar-refractivity contribution in [1.82, 2.24) is 15.0 Å². The highest BCUT2D eigenvalue weighted by molar-refractivity contribution is 6.31. The molecular weight excluding hydrogens is 556 g/mol. The van der Waals surface area contributed by atoms with Gasteiger partial charge in [-0.25, -0.2) is 15.0 Å². The molecule has 2 aliphatic rings. The first-order chi connectivity index (χ1) is 20.3. The number of aliphatic carboxylic acids is 1. The number of aromatic nitrogens is 3. The van der Waals surface area contributed by atoms with E-state index >= 15 is 0 Å². The Bertz CT molecular complexity index is 1440. The van der Waals surface area contributed by atoms with E-state index in [9.17, 15) is 14.7 Å². The molecule has 0 bridgehead atoms. The summed E-state index contributed by atoms with van der Waals surface area (Å²) in [5, 5.41) is 16.9. The number of nitrogens with one attached hydrogen (secondary N) is 2. The number of nitrogens with zero attached hydrogens (tertiary/aromatic N) is 4. The maximum absolute atomic E-state index is 12.4. The molecule has 222 valence electrons. The number of hydrogen-bond acceptors (Lipinski definition) is 9. The van der Waals surface area contributed by atoms with Crippen LogP contribution in [-0.2, 0) is 27.4 Å². The van der Waals surface area contributed by atoms with Gasteiger partial charge in [-0.2, -0.15) is 0 Å². The fourth-order valence-electron chi connectivity index (χ4n) is 5.55. The Hall–Kier alpha value is -3.92. The Morgan fingerprint density at radius 3 is 2.69 bits per heavy atom. The van der Waals surface area contributed by atoms with Crippen molar-refractivity contribution < 1.29 is 19.4 Å². The lowest BCUT2D eigenvalue weighted by atomic mass is 9.92. The van der Waals surface area contributed by atoms with Crippen molar-refractivity contribution >= 4 is 41.0 Å².